The normalized spacial score (nSPS) is 34.8. The molecule has 3 unspecified atom stereocenters. The Morgan fingerprint density at radius 1 is 1.24 bits per heavy atom. The number of carbonyl (C=O) groups excluding carboxylic acids is 1. The van der Waals surface area contributed by atoms with Crippen LogP contribution in [0.25, 0.3) is 0 Å². The number of amides is 1. The van der Waals surface area contributed by atoms with Gasteiger partial charge in [-0.05, 0) is 44.5 Å². The molecule has 1 aliphatic heterocycles. The zero-order valence-electron chi connectivity index (χ0n) is 14.6. The van der Waals surface area contributed by atoms with Gasteiger partial charge in [-0.3, -0.25) is 4.79 Å². The molecule has 1 saturated heterocycles. The third-order valence-corrected chi connectivity index (χ3v) is 5.26. The molecular formula is C17H33BN2O. The largest absolute Gasteiger partial charge is 0.337 e. The lowest BCUT2D eigenvalue weighted by Gasteiger charge is -2.38. The summed E-state index contributed by atoms with van der Waals surface area (Å²) in [4.78, 5) is 14.6. The highest BCUT2D eigenvalue weighted by molar-refractivity contribution is 6.15. The van der Waals surface area contributed by atoms with Gasteiger partial charge in [0.25, 0.3) is 0 Å². The van der Waals surface area contributed by atoms with Gasteiger partial charge < -0.3 is 10.2 Å². The van der Waals surface area contributed by atoms with Crippen molar-refractivity contribution < 1.29 is 4.79 Å². The summed E-state index contributed by atoms with van der Waals surface area (Å²) in [6.45, 7) is 8.79. The van der Waals surface area contributed by atoms with Gasteiger partial charge in [0.2, 0.25) is 5.91 Å². The average Bonchev–Trinajstić information content (AvgIpc) is 2.65. The molecule has 21 heavy (non-hydrogen) atoms. The summed E-state index contributed by atoms with van der Waals surface area (Å²) in [7, 11) is 2.37. The van der Waals surface area contributed by atoms with Crippen molar-refractivity contribution in [2.24, 2.45) is 5.92 Å². The van der Waals surface area contributed by atoms with Gasteiger partial charge >= 0.3 is 0 Å². The zero-order chi connectivity index (χ0) is 15.6. The van der Waals surface area contributed by atoms with Gasteiger partial charge in [0, 0.05) is 24.5 Å². The second kappa shape index (κ2) is 6.72. The maximum absolute atomic E-state index is 12.4. The van der Waals surface area contributed by atoms with Gasteiger partial charge in [0.1, 0.15) is 7.85 Å². The lowest BCUT2D eigenvalue weighted by atomic mass is 9.67. The number of hydrogen-bond donors (Lipinski definition) is 1. The van der Waals surface area contributed by atoms with Crippen LogP contribution >= 0.6 is 0 Å². The summed E-state index contributed by atoms with van der Waals surface area (Å²) in [5.41, 5.74) is 0.189. The van der Waals surface area contributed by atoms with Gasteiger partial charge in [0.15, 0.2) is 0 Å². The molecule has 0 bridgehead atoms. The van der Waals surface area contributed by atoms with E-state index in [4.69, 9.17) is 0 Å². The minimum atomic E-state index is 0.189. The predicted octanol–water partition coefficient (Wildman–Crippen LogP) is 2.29. The van der Waals surface area contributed by atoms with E-state index >= 15 is 0 Å². The molecule has 0 radical (unpaired) electrons. The molecule has 0 spiro atoms. The average molecular weight is 292 g/mol. The van der Waals surface area contributed by atoms with E-state index in [2.05, 4.69) is 45.8 Å². The van der Waals surface area contributed by atoms with Gasteiger partial charge in [-0.25, -0.2) is 0 Å². The minimum absolute atomic E-state index is 0.189. The number of fused-ring (bicyclic) bond motifs is 1. The van der Waals surface area contributed by atoms with Crippen molar-refractivity contribution in [1.82, 2.24) is 10.2 Å². The van der Waals surface area contributed by atoms with Crippen LogP contribution in [-0.4, -0.2) is 42.2 Å². The van der Waals surface area contributed by atoms with Crippen molar-refractivity contribution in [3.63, 3.8) is 0 Å². The predicted molar refractivity (Wildman–Crippen MR) is 91.1 cm³/mol. The second-order valence-corrected chi connectivity index (χ2v) is 8.09. The third kappa shape index (κ3) is 4.03. The minimum Gasteiger partial charge on any atom is -0.337 e. The molecule has 2 fully saturated rings. The van der Waals surface area contributed by atoms with Crippen LogP contribution in [-0.2, 0) is 4.79 Å². The molecule has 2 aliphatic rings. The number of nitrogens with one attached hydrogen (secondary N) is 1. The number of likely N-dealkylation sites (tertiary alicyclic amines) is 1. The molecule has 4 heteroatoms. The van der Waals surface area contributed by atoms with E-state index in [0.717, 1.165) is 12.8 Å². The zero-order valence-corrected chi connectivity index (χ0v) is 14.6. The van der Waals surface area contributed by atoms with E-state index in [-0.39, 0.29) is 5.44 Å². The number of carbonyl (C=O) groups is 1. The second-order valence-electron chi connectivity index (χ2n) is 8.09. The van der Waals surface area contributed by atoms with Crippen LogP contribution in [0.1, 0.15) is 72.6 Å². The topological polar surface area (TPSA) is 32.3 Å². The van der Waals surface area contributed by atoms with Crippen LogP contribution < -0.4 is 5.32 Å². The summed E-state index contributed by atoms with van der Waals surface area (Å²) in [6.07, 6.45) is 8.24. The fourth-order valence-corrected chi connectivity index (χ4v) is 4.69. The number of nitrogens with zero attached hydrogens (tertiary/aromatic N) is 1. The van der Waals surface area contributed by atoms with Gasteiger partial charge in [0.05, 0.1) is 0 Å². The monoisotopic (exact) mass is 292 g/mol. The Labute approximate surface area is 131 Å². The lowest BCUT2D eigenvalue weighted by molar-refractivity contribution is -0.130. The van der Waals surface area contributed by atoms with Crippen molar-refractivity contribution in [1.29, 1.82) is 0 Å². The van der Waals surface area contributed by atoms with E-state index in [1.54, 1.807) is 0 Å². The molecule has 2 rings (SSSR count). The van der Waals surface area contributed by atoms with Crippen molar-refractivity contribution in [2.45, 2.75) is 96.2 Å². The Morgan fingerprint density at radius 2 is 1.95 bits per heavy atom. The Bertz CT molecular complexity index is 372. The summed E-state index contributed by atoms with van der Waals surface area (Å²) >= 11 is 0. The van der Waals surface area contributed by atoms with Crippen LogP contribution in [0, 0.1) is 5.92 Å². The SMILES string of the molecule is BC1(NC(C)C)CCCCCC2C(CC(=O)N2C(C)C)C1. The van der Waals surface area contributed by atoms with E-state index in [0.29, 0.717) is 30.0 Å². The van der Waals surface area contributed by atoms with Crippen LogP contribution in [0.2, 0.25) is 0 Å². The molecule has 0 aromatic carbocycles. The van der Waals surface area contributed by atoms with E-state index in [1.165, 1.54) is 32.1 Å². The first-order valence-electron chi connectivity index (χ1n) is 8.91. The Balaban J connectivity index is 2.18. The van der Waals surface area contributed by atoms with Crippen molar-refractivity contribution in [3.05, 3.63) is 0 Å². The van der Waals surface area contributed by atoms with Crippen molar-refractivity contribution >= 4 is 13.8 Å². The van der Waals surface area contributed by atoms with Gasteiger partial charge in [-0.2, -0.15) is 0 Å². The first-order chi connectivity index (χ1) is 9.82. The molecule has 3 nitrogen and oxygen atoms in total. The fourth-order valence-electron chi connectivity index (χ4n) is 4.69. The van der Waals surface area contributed by atoms with Crippen LogP contribution in [0.4, 0.5) is 0 Å². The summed E-state index contributed by atoms with van der Waals surface area (Å²) in [6, 6.07) is 1.33. The molecular weight excluding hydrogens is 259 g/mol. The Kier molecular flexibility index (Phi) is 5.40. The molecule has 1 heterocycles. The molecule has 1 saturated carbocycles. The smallest absolute Gasteiger partial charge is 0.223 e. The molecule has 120 valence electrons. The first-order valence-corrected chi connectivity index (χ1v) is 8.91. The van der Waals surface area contributed by atoms with E-state index in [1.807, 2.05) is 0 Å². The standard InChI is InChI=1S/C17H33BN2O/c1-12(2)19-17(18)9-7-5-6-8-15-14(11-17)10-16(21)20(15)13(3)4/h12-15,19H,5-11,18H2,1-4H3. The highest BCUT2D eigenvalue weighted by Gasteiger charge is 2.43. The fraction of sp³-hybridized carbons (Fsp3) is 0.941. The first kappa shape index (κ1) is 16.9. The molecule has 3 atom stereocenters. The summed E-state index contributed by atoms with van der Waals surface area (Å²) in [5.74, 6) is 0.918. The quantitative estimate of drug-likeness (QED) is 0.810. The molecule has 1 aliphatic carbocycles. The third-order valence-electron chi connectivity index (χ3n) is 5.26. The number of rotatable bonds is 3. The highest BCUT2D eigenvalue weighted by atomic mass is 16.2. The van der Waals surface area contributed by atoms with E-state index < -0.39 is 0 Å². The molecule has 0 aromatic heterocycles. The highest BCUT2D eigenvalue weighted by Crippen LogP contribution is 2.38. The summed E-state index contributed by atoms with van der Waals surface area (Å²) < 4.78 is 0. The van der Waals surface area contributed by atoms with Crippen molar-refractivity contribution in [3.8, 4) is 0 Å². The van der Waals surface area contributed by atoms with Gasteiger partial charge in [-0.1, -0.05) is 33.1 Å². The molecule has 1 N–H and O–H groups in total. The molecule has 1 amide bonds. The maximum Gasteiger partial charge on any atom is 0.223 e. The molecule has 0 aromatic rings. The van der Waals surface area contributed by atoms with Gasteiger partial charge in [-0.15, -0.1) is 0 Å². The Hall–Kier alpha value is -0.505. The van der Waals surface area contributed by atoms with Crippen LogP contribution in [0.5, 0.6) is 0 Å². The lowest BCUT2D eigenvalue weighted by Crippen LogP contribution is -2.51. The summed E-state index contributed by atoms with van der Waals surface area (Å²) in [5, 5.41) is 3.80. The van der Waals surface area contributed by atoms with Crippen LogP contribution in [0.3, 0.4) is 0 Å². The van der Waals surface area contributed by atoms with E-state index in [9.17, 15) is 4.79 Å². The van der Waals surface area contributed by atoms with Crippen molar-refractivity contribution in [2.75, 3.05) is 0 Å². The van der Waals surface area contributed by atoms with Crippen LogP contribution in [0.15, 0.2) is 0 Å². The Morgan fingerprint density at radius 3 is 2.57 bits per heavy atom. The maximum atomic E-state index is 12.4. The number of hydrogen-bond acceptors (Lipinski definition) is 2.